The molecule has 0 aromatic carbocycles. The predicted octanol–water partition coefficient (Wildman–Crippen LogP) is 1.74. The maximum Gasteiger partial charge on any atom is 0.143 e. The molecular weight excluding hydrogens is 132 g/mol. The number of allylic oxidation sites excluding steroid dienone is 3. The second-order valence-electron chi connectivity index (χ2n) is 1.61. The van der Waals surface area contributed by atoms with Crippen molar-refractivity contribution in [2.45, 2.75) is 0 Å². The van der Waals surface area contributed by atoms with E-state index in [1.165, 1.54) is 0 Å². The van der Waals surface area contributed by atoms with Gasteiger partial charge >= 0.3 is 0 Å². The summed E-state index contributed by atoms with van der Waals surface area (Å²) in [5.41, 5.74) is 0. The standard InChI is InChI=1S/C7H8OS/c8-4-3-7-9-5-1-2-6-9/h1-7,9H/b7-3+. The van der Waals surface area contributed by atoms with Gasteiger partial charge in [0.2, 0.25) is 0 Å². The SMILES string of the molecule is O=C/C=C/[SH]1C=CC=C1. The average Bonchev–Trinajstić information content (AvgIpc) is 2.34. The van der Waals surface area contributed by atoms with Gasteiger partial charge in [0.05, 0.1) is 0 Å². The van der Waals surface area contributed by atoms with E-state index in [4.69, 9.17) is 0 Å². The number of aldehydes is 1. The maximum absolute atomic E-state index is 9.84. The Kier molecular flexibility index (Phi) is 2.33. The summed E-state index contributed by atoms with van der Waals surface area (Å²) in [6.07, 6.45) is 6.36. The van der Waals surface area contributed by atoms with Crippen molar-refractivity contribution in [3.05, 3.63) is 34.5 Å². The van der Waals surface area contributed by atoms with Crippen molar-refractivity contribution in [2.75, 3.05) is 0 Å². The lowest BCUT2D eigenvalue weighted by molar-refractivity contribution is -0.104. The molecule has 0 fully saturated rings. The molecule has 1 aliphatic heterocycles. The van der Waals surface area contributed by atoms with Gasteiger partial charge in [-0.2, -0.15) is 10.9 Å². The Labute approximate surface area is 57.1 Å². The summed E-state index contributed by atoms with van der Waals surface area (Å²) in [7, 11) is -0.224. The lowest BCUT2D eigenvalue weighted by atomic mass is 10.6. The average molecular weight is 140 g/mol. The fourth-order valence-electron chi connectivity index (χ4n) is 0.582. The van der Waals surface area contributed by atoms with Crippen LogP contribution in [0.4, 0.5) is 0 Å². The fraction of sp³-hybridized carbons (Fsp3) is 0. The first kappa shape index (κ1) is 6.36. The van der Waals surface area contributed by atoms with Crippen molar-refractivity contribution < 1.29 is 4.79 Å². The van der Waals surface area contributed by atoms with Crippen LogP contribution in [0.15, 0.2) is 34.5 Å². The monoisotopic (exact) mass is 140 g/mol. The molecule has 0 N–H and O–H groups in total. The lowest BCUT2D eigenvalue weighted by Crippen LogP contribution is -1.59. The van der Waals surface area contributed by atoms with E-state index in [1.807, 2.05) is 17.6 Å². The molecule has 0 saturated heterocycles. The van der Waals surface area contributed by atoms with Crippen molar-refractivity contribution in [2.24, 2.45) is 0 Å². The highest BCUT2D eigenvalue weighted by Crippen LogP contribution is 2.33. The first-order valence-corrected chi connectivity index (χ1v) is 4.23. The van der Waals surface area contributed by atoms with Crippen LogP contribution < -0.4 is 0 Å². The first-order chi connectivity index (χ1) is 4.43. The van der Waals surface area contributed by atoms with E-state index in [1.54, 1.807) is 6.08 Å². The highest BCUT2D eigenvalue weighted by atomic mass is 32.2. The molecule has 1 nitrogen and oxygen atoms in total. The minimum Gasteiger partial charge on any atom is -0.299 e. The van der Waals surface area contributed by atoms with Crippen LogP contribution in [0.1, 0.15) is 0 Å². The smallest absolute Gasteiger partial charge is 0.143 e. The zero-order chi connectivity index (χ0) is 6.53. The molecule has 0 unspecified atom stereocenters. The molecular formula is C7H8OS. The van der Waals surface area contributed by atoms with Crippen LogP contribution in [0.5, 0.6) is 0 Å². The van der Waals surface area contributed by atoms with Gasteiger partial charge in [-0.05, 0) is 22.3 Å². The minimum absolute atomic E-state index is 0.224. The largest absolute Gasteiger partial charge is 0.299 e. The van der Waals surface area contributed by atoms with Gasteiger partial charge in [-0.3, -0.25) is 4.79 Å². The maximum atomic E-state index is 9.84. The topological polar surface area (TPSA) is 17.1 Å². The zero-order valence-electron chi connectivity index (χ0n) is 4.90. The van der Waals surface area contributed by atoms with Crippen LogP contribution in [0.3, 0.4) is 0 Å². The number of hydrogen-bond acceptors (Lipinski definition) is 1. The van der Waals surface area contributed by atoms with E-state index < -0.39 is 0 Å². The summed E-state index contributed by atoms with van der Waals surface area (Å²) in [4.78, 5) is 9.84. The summed E-state index contributed by atoms with van der Waals surface area (Å²) >= 11 is 0. The number of rotatable bonds is 2. The predicted molar refractivity (Wildman–Crippen MR) is 42.5 cm³/mol. The fourth-order valence-corrected chi connectivity index (χ4v) is 1.75. The minimum atomic E-state index is -0.224. The van der Waals surface area contributed by atoms with E-state index in [-0.39, 0.29) is 10.9 Å². The molecule has 0 saturated carbocycles. The molecule has 48 valence electrons. The number of hydrogen-bond donors (Lipinski definition) is 1. The Bertz CT molecular complexity index is 167. The molecule has 0 aromatic heterocycles. The van der Waals surface area contributed by atoms with Crippen LogP contribution in [-0.4, -0.2) is 6.29 Å². The first-order valence-electron chi connectivity index (χ1n) is 2.68. The third-order valence-electron chi connectivity index (χ3n) is 0.964. The van der Waals surface area contributed by atoms with Gasteiger partial charge in [-0.1, -0.05) is 12.2 Å². The molecule has 0 atom stereocenters. The molecule has 0 aromatic rings. The molecule has 0 amide bonds. The lowest BCUT2D eigenvalue weighted by Gasteiger charge is -1.97. The highest BCUT2D eigenvalue weighted by molar-refractivity contribution is 8.24. The van der Waals surface area contributed by atoms with E-state index in [9.17, 15) is 4.79 Å². The summed E-state index contributed by atoms with van der Waals surface area (Å²) < 4.78 is 0. The van der Waals surface area contributed by atoms with Crippen molar-refractivity contribution in [1.82, 2.24) is 0 Å². The number of thiol groups is 1. The van der Waals surface area contributed by atoms with Gasteiger partial charge in [0, 0.05) is 0 Å². The van der Waals surface area contributed by atoms with Gasteiger partial charge in [-0.25, -0.2) is 0 Å². The van der Waals surface area contributed by atoms with Crippen molar-refractivity contribution in [3.63, 3.8) is 0 Å². The summed E-state index contributed by atoms with van der Waals surface area (Å²) in [5, 5.41) is 6.10. The molecule has 0 spiro atoms. The summed E-state index contributed by atoms with van der Waals surface area (Å²) in [6.45, 7) is 0. The summed E-state index contributed by atoms with van der Waals surface area (Å²) in [6, 6.07) is 0. The van der Waals surface area contributed by atoms with Crippen LogP contribution in [0.25, 0.3) is 0 Å². The Hall–Kier alpha value is -0.760. The molecule has 2 heteroatoms. The summed E-state index contributed by atoms with van der Waals surface area (Å²) in [5.74, 6) is 0. The Balaban J connectivity index is 2.45. The Morgan fingerprint density at radius 3 is 2.44 bits per heavy atom. The Morgan fingerprint density at radius 1 is 1.22 bits per heavy atom. The third kappa shape index (κ3) is 1.90. The van der Waals surface area contributed by atoms with Gasteiger partial charge in [0.15, 0.2) is 0 Å². The van der Waals surface area contributed by atoms with Crippen LogP contribution in [0.2, 0.25) is 0 Å². The number of carbonyl (C=O) groups is 1. The second kappa shape index (κ2) is 3.30. The molecule has 0 radical (unpaired) electrons. The van der Waals surface area contributed by atoms with Crippen molar-refractivity contribution in [3.8, 4) is 0 Å². The highest BCUT2D eigenvalue weighted by Gasteiger charge is 1.89. The molecule has 1 aliphatic rings. The van der Waals surface area contributed by atoms with Crippen molar-refractivity contribution >= 4 is 17.2 Å². The molecule has 0 bridgehead atoms. The van der Waals surface area contributed by atoms with Gasteiger partial charge in [0.1, 0.15) is 6.29 Å². The second-order valence-corrected chi connectivity index (χ2v) is 3.40. The quantitative estimate of drug-likeness (QED) is 0.351. The van der Waals surface area contributed by atoms with Gasteiger partial charge < -0.3 is 0 Å². The molecule has 9 heavy (non-hydrogen) atoms. The van der Waals surface area contributed by atoms with E-state index in [2.05, 4.69) is 10.8 Å². The normalized spacial score (nSPS) is 19.8. The molecule has 0 aliphatic carbocycles. The Morgan fingerprint density at radius 2 is 1.89 bits per heavy atom. The molecule has 1 rings (SSSR count). The van der Waals surface area contributed by atoms with E-state index in [0.717, 1.165) is 6.29 Å². The third-order valence-corrected chi connectivity index (χ3v) is 2.51. The van der Waals surface area contributed by atoms with Crippen LogP contribution >= 0.6 is 10.9 Å². The van der Waals surface area contributed by atoms with Crippen molar-refractivity contribution in [1.29, 1.82) is 0 Å². The van der Waals surface area contributed by atoms with E-state index >= 15 is 0 Å². The van der Waals surface area contributed by atoms with Crippen LogP contribution in [-0.2, 0) is 4.79 Å². The van der Waals surface area contributed by atoms with E-state index in [0.29, 0.717) is 0 Å². The zero-order valence-corrected chi connectivity index (χ0v) is 5.79. The number of carbonyl (C=O) groups excluding carboxylic acids is 1. The molecule has 1 heterocycles. The van der Waals surface area contributed by atoms with Gasteiger partial charge in [0.25, 0.3) is 0 Å². The van der Waals surface area contributed by atoms with Crippen LogP contribution in [0, 0.1) is 0 Å². The van der Waals surface area contributed by atoms with Gasteiger partial charge in [-0.15, -0.1) is 0 Å².